The van der Waals surface area contributed by atoms with Crippen LogP contribution in [0, 0.1) is 11.3 Å². The van der Waals surface area contributed by atoms with E-state index in [1.54, 1.807) is 66.0 Å². The molecular formula is C21H14N4O3S2. The van der Waals surface area contributed by atoms with Crippen molar-refractivity contribution < 1.29 is 8.42 Å². The van der Waals surface area contributed by atoms with Gasteiger partial charge in [0.2, 0.25) is 0 Å². The van der Waals surface area contributed by atoms with Crippen LogP contribution in [0.1, 0.15) is 17.3 Å². The van der Waals surface area contributed by atoms with E-state index in [4.69, 9.17) is 0 Å². The SMILES string of the molecule is N#CC(/C(=N\S(=O)(=O)c1cccs1)c1ccccc1)c1nc2ccccc2c(=O)[nH]1. The summed E-state index contributed by atoms with van der Waals surface area (Å²) in [5, 5.41) is 11.9. The first-order valence-electron chi connectivity index (χ1n) is 8.82. The van der Waals surface area contributed by atoms with E-state index in [2.05, 4.69) is 20.4 Å². The lowest BCUT2D eigenvalue weighted by Gasteiger charge is -2.13. The summed E-state index contributed by atoms with van der Waals surface area (Å²) in [4.78, 5) is 19.5. The van der Waals surface area contributed by atoms with Gasteiger partial charge in [-0.05, 0) is 29.1 Å². The van der Waals surface area contributed by atoms with Crippen molar-refractivity contribution in [3.63, 3.8) is 0 Å². The van der Waals surface area contributed by atoms with Crippen molar-refractivity contribution in [2.24, 2.45) is 4.40 Å². The minimum absolute atomic E-state index is 0.00932. The molecule has 1 unspecified atom stereocenters. The molecule has 0 fully saturated rings. The zero-order valence-corrected chi connectivity index (χ0v) is 17.0. The molecular weight excluding hydrogens is 420 g/mol. The van der Waals surface area contributed by atoms with Crippen LogP contribution in [-0.2, 0) is 10.0 Å². The molecule has 7 nitrogen and oxygen atoms in total. The molecule has 4 rings (SSSR count). The maximum Gasteiger partial charge on any atom is 0.292 e. The van der Waals surface area contributed by atoms with E-state index in [0.717, 1.165) is 11.3 Å². The van der Waals surface area contributed by atoms with Crippen molar-refractivity contribution >= 4 is 38.0 Å². The number of para-hydroxylation sites is 1. The molecule has 0 aliphatic carbocycles. The first kappa shape index (κ1) is 19.7. The Morgan fingerprint density at radius 1 is 1.07 bits per heavy atom. The largest absolute Gasteiger partial charge is 0.309 e. The summed E-state index contributed by atoms with van der Waals surface area (Å²) in [5.74, 6) is -1.16. The molecule has 0 bridgehead atoms. The second kappa shape index (κ2) is 8.02. The van der Waals surface area contributed by atoms with Crippen molar-refractivity contribution in [2.75, 3.05) is 0 Å². The maximum absolute atomic E-state index is 12.8. The number of fused-ring (bicyclic) bond motifs is 1. The van der Waals surface area contributed by atoms with Crippen molar-refractivity contribution in [2.45, 2.75) is 10.1 Å². The summed E-state index contributed by atoms with van der Waals surface area (Å²) in [6.07, 6.45) is 0. The number of aromatic nitrogens is 2. The minimum Gasteiger partial charge on any atom is -0.309 e. The van der Waals surface area contributed by atoms with E-state index in [-0.39, 0.29) is 15.7 Å². The Bertz CT molecular complexity index is 1440. The van der Waals surface area contributed by atoms with Crippen LogP contribution in [-0.4, -0.2) is 24.1 Å². The van der Waals surface area contributed by atoms with E-state index >= 15 is 0 Å². The number of nitrogens with zero attached hydrogens (tertiary/aromatic N) is 3. The van der Waals surface area contributed by atoms with Crippen molar-refractivity contribution in [3.05, 3.63) is 93.9 Å². The second-order valence-electron chi connectivity index (χ2n) is 6.28. The van der Waals surface area contributed by atoms with E-state index < -0.39 is 21.5 Å². The number of hydrogen-bond acceptors (Lipinski definition) is 6. The Morgan fingerprint density at radius 2 is 1.80 bits per heavy atom. The van der Waals surface area contributed by atoms with Gasteiger partial charge < -0.3 is 4.98 Å². The van der Waals surface area contributed by atoms with Crippen LogP contribution >= 0.6 is 11.3 Å². The summed E-state index contributed by atoms with van der Waals surface area (Å²) >= 11 is 1.04. The summed E-state index contributed by atoms with van der Waals surface area (Å²) in [6, 6.07) is 20.4. The topological polar surface area (TPSA) is 116 Å². The van der Waals surface area contributed by atoms with Crippen LogP contribution in [0.4, 0.5) is 0 Å². The number of hydrogen-bond donors (Lipinski definition) is 1. The Balaban J connectivity index is 1.94. The average molecular weight is 435 g/mol. The zero-order valence-electron chi connectivity index (χ0n) is 15.4. The molecule has 4 aromatic rings. The van der Waals surface area contributed by atoms with Gasteiger partial charge in [0, 0.05) is 0 Å². The van der Waals surface area contributed by atoms with Gasteiger partial charge in [0.1, 0.15) is 16.0 Å². The predicted octanol–water partition coefficient (Wildman–Crippen LogP) is 3.47. The second-order valence-corrected chi connectivity index (χ2v) is 9.06. The zero-order chi connectivity index (χ0) is 21.1. The number of nitrogens with one attached hydrogen (secondary N) is 1. The molecule has 30 heavy (non-hydrogen) atoms. The van der Waals surface area contributed by atoms with Gasteiger partial charge >= 0.3 is 0 Å². The number of sulfonamides is 1. The van der Waals surface area contributed by atoms with Crippen LogP contribution in [0.3, 0.4) is 0 Å². The van der Waals surface area contributed by atoms with Gasteiger partial charge in [-0.2, -0.15) is 18.1 Å². The lowest BCUT2D eigenvalue weighted by Crippen LogP contribution is -2.21. The van der Waals surface area contributed by atoms with Gasteiger partial charge in [0.25, 0.3) is 15.6 Å². The molecule has 0 spiro atoms. The van der Waals surface area contributed by atoms with E-state index in [1.807, 2.05) is 0 Å². The Morgan fingerprint density at radius 3 is 2.50 bits per heavy atom. The third-order valence-electron chi connectivity index (χ3n) is 4.34. The number of H-pyrrole nitrogens is 1. The molecule has 2 aromatic heterocycles. The smallest absolute Gasteiger partial charge is 0.292 e. The first-order chi connectivity index (χ1) is 14.5. The summed E-state index contributed by atoms with van der Waals surface area (Å²) in [7, 11) is -4.04. The minimum atomic E-state index is -4.04. The van der Waals surface area contributed by atoms with Crippen molar-refractivity contribution in [3.8, 4) is 6.07 Å². The standard InChI is InChI=1S/C21H14N4O3S2/c22-13-16(20-23-17-10-5-4-9-15(17)21(26)24-20)19(14-7-2-1-3-8-14)25-30(27,28)18-11-6-12-29-18/h1-12,16H,(H,23,24,26)/b25-19-. The molecule has 148 valence electrons. The molecule has 0 saturated carbocycles. The van der Waals surface area contributed by atoms with Crippen LogP contribution in [0.15, 0.2) is 85.5 Å². The average Bonchev–Trinajstić information content (AvgIpc) is 3.30. The van der Waals surface area contributed by atoms with E-state index in [0.29, 0.717) is 16.5 Å². The summed E-state index contributed by atoms with van der Waals surface area (Å²) in [6.45, 7) is 0. The van der Waals surface area contributed by atoms with Crippen molar-refractivity contribution in [1.82, 2.24) is 9.97 Å². The fourth-order valence-corrected chi connectivity index (χ4v) is 4.98. The van der Waals surface area contributed by atoms with Crippen LogP contribution in [0.2, 0.25) is 0 Å². The van der Waals surface area contributed by atoms with Crippen LogP contribution in [0.5, 0.6) is 0 Å². The fraction of sp³-hybridized carbons (Fsp3) is 0.0476. The highest BCUT2D eigenvalue weighted by molar-refractivity contribution is 7.92. The van der Waals surface area contributed by atoms with Crippen LogP contribution in [0.25, 0.3) is 10.9 Å². The quantitative estimate of drug-likeness (QED) is 0.483. The number of benzene rings is 2. The Kier molecular flexibility index (Phi) is 5.27. The molecule has 0 amide bonds. The van der Waals surface area contributed by atoms with E-state index in [1.165, 1.54) is 6.07 Å². The lowest BCUT2D eigenvalue weighted by molar-refractivity contribution is 0.600. The number of aromatic amines is 1. The third kappa shape index (κ3) is 3.78. The number of thiophene rings is 1. The van der Waals surface area contributed by atoms with Crippen molar-refractivity contribution in [1.29, 1.82) is 5.26 Å². The van der Waals surface area contributed by atoms with Crippen LogP contribution < -0.4 is 5.56 Å². The summed E-state index contributed by atoms with van der Waals surface area (Å²) < 4.78 is 29.7. The van der Waals surface area contributed by atoms with Gasteiger partial charge in [-0.25, -0.2) is 4.98 Å². The summed E-state index contributed by atoms with van der Waals surface area (Å²) in [5.41, 5.74) is 0.430. The number of nitriles is 1. The maximum atomic E-state index is 12.8. The molecule has 1 N–H and O–H groups in total. The number of rotatable bonds is 5. The van der Waals surface area contributed by atoms with Gasteiger partial charge in [-0.15, -0.1) is 11.3 Å². The lowest BCUT2D eigenvalue weighted by atomic mass is 9.97. The molecule has 2 heterocycles. The molecule has 1 atom stereocenters. The Hall–Kier alpha value is -3.61. The highest BCUT2D eigenvalue weighted by Gasteiger charge is 2.26. The highest BCUT2D eigenvalue weighted by atomic mass is 32.2. The first-order valence-corrected chi connectivity index (χ1v) is 11.1. The molecule has 2 aromatic carbocycles. The van der Waals surface area contributed by atoms with Gasteiger partial charge in [0.15, 0.2) is 0 Å². The predicted molar refractivity (Wildman–Crippen MR) is 115 cm³/mol. The third-order valence-corrected chi connectivity index (χ3v) is 7.01. The highest BCUT2D eigenvalue weighted by Crippen LogP contribution is 2.24. The van der Waals surface area contributed by atoms with Gasteiger partial charge in [-0.3, -0.25) is 4.79 Å². The molecule has 0 aliphatic rings. The molecule has 9 heteroatoms. The van der Waals surface area contributed by atoms with E-state index in [9.17, 15) is 18.5 Å². The fourth-order valence-electron chi connectivity index (χ4n) is 2.96. The molecule has 0 radical (unpaired) electrons. The monoisotopic (exact) mass is 434 g/mol. The van der Waals surface area contributed by atoms with Gasteiger partial charge in [-0.1, -0.05) is 48.5 Å². The van der Waals surface area contributed by atoms with Gasteiger partial charge in [0.05, 0.1) is 22.7 Å². The normalized spacial score (nSPS) is 13.1. The molecule has 0 saturated heterocycles. The molecule has 0 aliphatic heterocycles. The Labute approximate surface area is 176 Å².